The average molecular weight is 652 g/mol. The zero-order chi connectivity index (χ0) is 33.1. The number of nitrogens with zero attached hydrogens (tertiary/aromatic N) is 5. The second-order valence-electron chi connectivity index (χ2n) is 12.5. The molecule has 5 rings (SSSR count). The Bertz CT molecular complexity index is 1660. The number of nitro benzene ring substituents is 1. The van der Waals surface area contributed by atoms with Crippen LogP contribution in [0.4, 0.5) is 24.5 Å². The Morgan fingerprint density at radius 1 is 0.891 bits per heavy atom. The van der Waals surface area contributed by atoms with Gasteiger partial charge in [-0.1, -0.05) is 63.2 Å². The zero-order valence-electron chi connectivity index (χ0n) is 26.0. The van der Waals surface area contributed by atoms with Crippen LogP contribution in [0.1, 0.15) is 58.5 Å². The van der Waals surface area contributed by atoms with E-state index in [4.69, 9.17) is 0 Å². The third-order valence-corrected chi connectivity index (χ3v) is 8.84. The first-order valence-corrected chi connectivity index (χ1v) is 15.9. The Labute approximate surface area is 270 Å². The molecule has 0 radical (unpaired) electrons. The molecule has 1 aliphatic rings. The van der Waals surface area contributed by atoms with Crippen LogP contribution in [0, 0.1) is 10.1 Å². The number of halogens is 3. The monoisotopic (exact) mass is 651 g/mol. The van der Waals surface area contributed by atoms with E-state index in [-0.39, 0.29) is 23.6 Å². The first kappa shape index (κ1) is 33.1. The van der Waals surface area contributed by atoms with Crippen molar-refractivity contribution in [2.75, 3.05) is 31.1 Å². The van der Waals surface area contributed by atoms with Gasteiger partial charge in [-0.05, 0) is 40.3 Å². The van der Waals surface area contributed by atoms with Crippen LogP contribution in [0.3, 0.4) is 0 Å². The number of benzene rings is 3. The van der Waals surface area contributed by atoms with E-state index in [0.717, 1.165) is 17.3 Å². The minimum absolute atomic E-state index is 0.00254. The molecule has 2 heterocycles. The topological polar surface area (TPSA) is 82.8 Å². The van der Waals surface area contributed by atoms with Crippen molar-refractivity contribution < 1.29 is 22.9 Å². The van der Waals surface area contributed by atoms with Crippen LogP contribution in [0.15, 0.2) is 78.2 Å². The van der Waals surface area contributed by atoms with Gasteiger partial charge in [0.25, 0.3) is 11.6 Å². The van der Waals surface area contributed by atoms with Gasteiger partial charge >= 0.3 is 6.18 Å². The van der Waals surface area contributed by atoms with Crippen molar-refractivity contribution in [3.63, 3.8) is 0 Å². The van der Waals surface area contributed by atoms with E-state index in [1.807, 2.05) is 17.0 Å². The number of carbonyl (C=O) groups excluding carboxylic acids is 1. The lowest BCUT2D eigenvalue weighted by Gasteiger charge is -2.35. The minimum atomic E-state index is -4.43. The normalized spacial score (nSPS) is 14.2. The molecule has 242 valence electrons. The smallest absolute Gasteiger partial charge is 0.368 e. The minimum Gasteiger partial charge on any atom is -0.368 e. The SMILES string of the molecule is CC(C)(C)c1ccc(CN(Cc2cccc(C(F)(F)F)c2)Cc2nc(C(=O)N3CCN(c4ccc([N+](=O)[O-])cc4)CC3)cs2)cc1. The molecule has 0 unspecified atom stereocenters. The summed E-state index contributed by atoms with van der Waals surface area (Å²) in [6, 6.07) is 20.0. The van der Waals surface area contributed by atoms with Crippen LogP contribution >= 0.6 is 11.3 Å². The standard InChI is InChI=1S/C34H36F3N5O3S/c1-33(2,3)26-9-7-24(8-10-26)20-39(21-25-5-4-6-27(19-25)34(35,36)37)22-31-38-30(23-46-31)32(43)41-17-15-40(16-18-41)28-11-13-29(14-12-28)42(44)45/h4-14,19,23H,15-18,20-22H2,1-3H3. The molecule has 0 spiro atoms. The van der Waals surface area contributed by atoms with E-state index in [9.17, 15) is 28.1 Å². The van der Waals surface area contributed by atoms with E-state index in [2.05, 4.69) is 42.8 Å². The van der Waals surface area contributed by atoms with Crippen LogP contribution in [-0.2, 0) is 31.2 Å². The molecule has 1 fully saturated rings. The quantitative estimate of drug-likeness (QED) is 0.137. The van der Waals surface area contributed by atoms with Gasteiger partial charge in [0, 0.05) is 62.5 Å². The average Bonchev–Trinajstić information content (AvgIpc) is 3.49. The highest BCUT2D eigenvalue weighted by molar-refractivity contribution is 7.09. The molecular weight excluding hydrogens is 615 g/mol. The molecular formula is C34H36F3N5O3S. The number of anilines is 1. The maximum atomic E-state index is 13.4. The zero-order valence-corrected chi connectivity index (χ0v) is 26.8. The van der Waals surface area contributed by atoms with Gasteiger partial charge in [0.05, 0.1) is 17.0 Å². The maximum Gasteiger partial charge on any atom is 0.416 e. The molecule has 12 heteroatoms. The molecule has 1 amide bonds. The number of carbonyl (C=O) groups is 1. The number of alkyl halides is 3. The molecule has 3 aromatic carbocycles. The highest BCUT2D eigenvalue weighted by Gasteiger charge is 2.30. The number of hydrogen-bond acceptors (Lipinski definition) is 7. The summed E-state index contributed by atoms with van der Waals surface area (Å²) >= 11 is 1.36. The molecule has 46 heavy (non-hydrogen) atoms. The fourth-order valence-electron chi connectivity index (χ4n) is 5.43. The lowest BCUT2D eigenvalue weighted by Crippen LogP contribution is -2.48. The molecule has 0 saturated carbocycles. The Hall–Kier alpha value is -4.29. The number of nitro groups is 1. The van der Waals surface area contributed by atoms with Crippen molar-refractivity contribution in [2.24, 2.45) is 0 Å². The Balaban J connectivity index is 1.27. The van der Waals surface area contributed by atoms with Gasteiger partial charge in [-0.3, -0.25) is 19.8 Å². The highest BCUT2D eigenvalue weighted by Crippen LogP contribution is 2.30. The predicted molar refractivity (Wildman–Crippen MR) is 173 cm³/mol. The number of non-ortho nitro benzene ring substituents is 1. The number of thiazole rings is 1. The van der Waals surface area contributed by atoms with Crippen LogP contribution in [0.25, 0.3) is 0 Å². The van der Waals surface area contributed by atoms with Gasteiger partial charge < -0.3 is 9.80 Å². The highest BCUT2D eigenvalue weighted by atomic mass is 32.1. The summed E-state index contributed by atoms with van der Waals surface area (Å²) in [5.41, 5.74) is 3.31. The molecule has 0 aliphatic carbocycles. The van der Waals surface area contributed by atoms with Crippen LogP contribution < -0.4 is 4.90 Å². The molecule has 1 aromatic heterocycles. The van der Waals surface area contributed by atoms with Gasteiger partial charge in [0.15, 0.2) is 0 Å². The molecule has 0 N–H and O–H groups in total. The van der Waals surface area contributed by atoms with Gasteiger partial charge in [-0.15, -0.1) is 11.3 Å². The second kappa shape index (κ2) is 13.6. The van der Waals surface area contributed by atoms with Crippen molar-refractivity contribution in [3.8, 4) is 0 Å². The lowest BCUT2D eigenvalue weighted by atomic mass is 9.87. The maximum absolute atomic E-state index is 13.4. The third-order valence-electron chi connectivity index (χ3n) is 8.01. The van der Waals surface area contributed by atoms with Gasteiger partial charge in [-0.25, -0.2) is 4.98 Å². The lowest BCUT2D eigenvalue weighted by molar-refractivity contribution is -0.384. The fraction of sp³-hybridized carbons (Fsp3) is 0.353. The molecule has 4 aromatic rings. The van der Waals surface area contributed by atoms with Gasteiger partial charge in [0.1, 0.15) is 10.7 Å². The number of hydrogen-bond donors (Lipinski definition) is 0. The Kier molecular flexibility index (Phi) is 9.78. The van der Waals surface area contributed by atoms with Crippen molar-refractivity contribution in [1.29, 1.82) is 0 Å². The molecule has 0 atom stereocenters. The fourth-order valence-corrected chi connectivity index (χ4v) is 6.24. The van der Waals surface area contributed by atoms with E-state index in [0.29, 0.717) is 55.5 Å². The Morgan fingerprint density at radius 3 is 2.15 bits per heavy atom. The van der Waals surface area contributed by atoms with Gasteiger partial charge in [-0.2, -0.15) is 13.2 Å². The van der Waals surface area contributed by atoms with Crippen molar-refractivity contribution >= 4 is 28.6 Å². The number of aromatic nitrogens is 1. The number of amides is 1. The third kappa shape index (κ3) is 8.29. The van der Waals surface area contributed by atoms with Crippen molar-refractivity contribution in [2.45, 2.75) is 52.0 Å². The van der Waals surface area contributed by atoms with E-state index >= 15 is 0 Å². The van der Waals surface area contributed by atoms with E-state index in [1.165, 1.54) is 41.2 Å². The molecule has 1 aliphatic heterocycles. The van der Waals surface area contributed by atoms with Crippen molar-refractivity contribution in [3.05, 3.63) is 121 Å². The first-order valence-electron chi connectivity index (χ1n) is 15.0. The summed E-state index contributed by atoms with van der Waals surface area (Å²) in [5, 5.41) is 13.4. The van der Waals surface area contributed by atoms with Crippen molar-refractivity contribution in [1.82, 2.24) is 14.8 Å². The first-order chi connectivity index (χ1) is 21.8. The second-order valence-corrected chi connectivity index (χ2v) is 13.4. The summed E-state index contributed by atoms with van der Waals surface area (Å²) in [4.78, 5) is 34.4. The summed E-state index contributed by atoms with van der Waals surface area (Å²) in [7, 11) is 0. The van der Waals surface area contributed by atoms with E-state index < -0.39 is 16.7 Å². The predicted octanol–water partition coefficient (Wildman–Crippen LogP) is 7.53. The summed E-state index contributed by atoms with van der Waals surface area (Å²) in [6.07, 6.45) is -4.43. The largest absolute Gasteiger partial charge is 0.416 e. The van der Waals surface area contributed by atoms with Crippen LogP contribution in [0.2, 0.25) is 0 Å². The summed E-state index contributed by atoms with van der Waals surface area (Å²) in [5.74, 6) is -0.173. The summed E-state index contributed by atoms with van der Waals surface area (Å²) < 4.78 is 40.3. The molecule has 8 nitrogen and oxygen atoms in total. The van der Waals surface area contributed by atoms with Crippen LogP contribution in [-0.4, -0.2) is 51.8 Å². The Morgan fingerprint density at radius 2 is 1.54 bits per heavy atom. The van der Waals surface area contributed by atoms with Gasteiger partial charge in [0.2, 0.25) is 0 Å². The van der Waals surface area contributed by atoms with Crippen LogP contribution in [0.5, 0.6) is 0 Å². The summed E-state index contributed by atoms with van der Waals surface area (Å²) in [6.45, 7) is 9.69. The number of rotatable bonds is 9. The molecule has 1 saturated heterocycles. The van der Waals surface area contributed by atoms with E-state index in [1.54, 1.807) is 28.5 Å². The number of piperazine rings is 1. The molecule has 0 bridgehead atoms.